The van der Waals surface area contributed by atoms with Crippen LogP contribution in [0, 0.1) is 5.41 Å². The van der Waals surface area contributed by atoms with Crippen molar-refractivity contribution in [3.63, 3.8) is 0 Å². The molecule has 2 aromatic carbocycles. The lowest BCUT2D eigenvalue weighted by molar-refractivity contribution is -0.130. The molecule has 0 atom stereocenters. The second kappa shape index (κ2) is 11.9. The molecule has 6 nitrogen and oxygen atoms in total. The number of benzene rings is 2. The van der Waals surface area contributed by atoms with Crippen molar-refractivity contribution in [2.75, 3.05) is 45.8 Å². The SMILES string of the molecule is COCCc1ccc(Oc2ccc(NC(=O)C3(COC)CCNCC3)cc2)cc1.Cl. The molecule has 0 radical (unpaired) electrons. The van der Waals surface area contributed by atoms with Gasteiger partial charge in [-0.1, -0.05) is 12.1 Å². The number of hydrogen-bond acceptors (Lipinski definition) is 5. The largest absolute Gasteiger partial charge is 0.457 e. The van der Waals surface area contributed by atoms with Gasteiger partial charge in [0.25, 0.3) is 0 Å². The minimum atomic E-state index is -0.472. The van der Waals surface area contributed by atoms with Crippen molar-refractivity contribution in [1.82, 2.24) is 5.32 Å². The second-order valence-corrected chi connectivity index (χ2v) is 7.43. The fraction of sp³-hybridized carbons (Fsp3) is 0.435. The van der Waals surface area contributed by atoms with Gasteiger partial charge in [-0.2, -0.15) is 0 Å². The highest BCUT2D eigenvalue weighted by Gasteiger charge is 2.39. The van der Waals surface area contributed by atoms with E-state index < -0.39 is 5.41 Å². The summed E-state index contributed by atoms with van der Waals surface area (Å²) in [5.74, 6) is 1.51. The maximum atomic E-state index is 12.9. The van der Waals surface area contributed by atoms with Crippen molar-refractivity contribution in [2.45, 2.75) is 19.3 Å². The van der Waals surface area contributed by atoms with Gasteiger partial charge in [-0.05, 0) is 74.3 Å². The lowest BCUT2D eigenvalue weighted by atomic mass is 9.78. The Kier molecular flexibility index (Phi) is 9.59. The molecule has 0 spiro atoms. The summed E-state index contributed by atoms with van der Waals surface area (Å²) in [5.41, 5.74) is 1.49. The van der Waals surface area contributed by atoms with E-state index in [0.717, 1.165) is 49.5 Å². The van der Waals surface area contributed by atoms with Crippen molar-refractivity contribution in [1.29, 1.82) is 0 Å². The molecule has 0 aromatic heterocycles. The maximum Gasteiger partial charge on any atom is 0.233 e. The fourth-order valence-corrected chi connectivity index (χ4v) is 3.57. The predicted octanol–water partition coefficient (Wildman–Crippen LogP) is 4.04. The van der Waals surface area contributed by atoms with Crippen LogP contribution in [0.25, 0.3) is 0 Å². The van der Waals surface area contributed by atoms with Gasteiger partial charge in [0.05, 0.1) is 18.6 Å². The van der Waals surface area contributed by atoms with Crippen LogP contribution in [0.2, 0.25) is 0 Å². The van der Waals surface area contributed by atoms with Crippen LogP contribution in [-0.2, 0) is 20.7 Å². The Morgan fingerprint density at radius 3 is 2.13 bits per heavy atom. The summed E-state index contributed by atoms with van der Waals surface area (Å²) in [7, 11) is 3.35. The van der Waals surface area contributed by atoms with E-state index in [1.165, 1.54) is 5.56 Å². The first-order valence-electron chi connectivity index (χ1n) is 10.0. The Morgan fingerprint density at radius 1 is 0.967 bits per heavy atom. The third-order valence-corrected chi connectivity index (χ3v) is 5.33. The van der Waals surface area contributed by atoms with Crippen molar-refractivity contribution in [2.24, 2.45) is 5.41 Å². The first-order valence-corrected chi connectivity index (χ1v) is 10.0. The molecule has 1 saturated heterocycles. The zero-order valence-corrected chi connectivity index (χ0v) is 18.4. The first kappa shape index (κ1) is 24.2. The summed E-state index contributed by atoms with van der Waals surface area (Å²) in [6, 6.07) is 15.4. The standard InChI is InChI=1S/C23H30N2O4.ClH/c1-27-16-11-18-3-7-20(8-4-18)29-21-9-5-19(6-10-21)25-22(26)23(17-28-2)12-14-24-15-13-23;/h3-10,24H,11-17H2,1-2H3,(H,25,26);1H. The highest BCUT2D eigenvalue weighted by atomic mass is 35.5. The Hall–Kier alpha value is -2.12. The number of halogens is 1. The number of hydrogen-bond donors (Lipinski definition) is 2. The van der Waals surface area contributed by atoms with Crippen LogP contribution in [0.5, 0.6) is 11.5 Å². The molecule has 164 valence electrons. The maximum absolute atomic E-state index is 12.9. The number of methoxy groups -OCH3 is 2. The highest BCUT2D eigenvalue weighted by Crippen LogP contribution is 2.31. The molecule has 0 bridgehead atoms. The van der Waals surface area contributed by atoms with Crippen molar-refractivity contribution >= 4 is 24.0 Å². The zero-order valence-electron chi connectivity index (χ0n) is 17.6. The van der Waals surface area contributed by atoms with Gasteiger partial charge in [0.2, 0.25) is 5.91 Å². The number of nitrogens with one attached hydrogen (secondary N) is 2. The number of piperidine rings is 1. The normalized spacial score (nSPS) is 15.1. The average molecular weight is 435 g/mol. The van der Waals surface area contributed by atoms with Gasteiger partial charge >= 0.3 is 0 Å². The van der Waals surface area contributed by atoms with Gasteiger partial charge in [-0.3, -0.25) is 4.79 Å². The van der Waals surface area contributed by atoms with E-state index >= 15 is 0 Å². The van der Waals surface area contributed by atoms with Gasteiger partial charge in [-0.15, -0.1) is 12.4 Å². The summed E-state index contributed by atoms with van der Waals surface area (Å²) in [6.45, 7) is 2.79. The van der Waals surface area contributed by atoms with E-state index in [-0.39, 0.29) is 18.3 Å². The minimum absolute atomic E-state index is 0. The lowest BCUT2D eigenvalue weighted by Crippen LogP contribution is -2.47. The number of ether oxygens (including phenoxy) is 3. The molecule has 1 fully saturated rings. The van der Waals surface area contributed by atoms with E-state index in [0.29, 0.717) is 13.2 Å². The molecule has 2 N–H and O–H groups in total. The molecule has 30 heavy (non-hydrogen) atoms. The molecule has 0 unspecified atom stereocenters. The fourth-order valence-electron chi connectivity index (χ4n) is 3.57. The van der Waals surface area contributed by atoms with Crippen LogP contribution >= 0.6 is 12.4 Å². The number of rotatable bonds is 9. The van der Waals surface area contributed by atoms with Crippen molar-refractivity contribution in [3.8, 4) is 11.5 Å². The van der Waals surface area contributed by atoms with Crippen LogP contribution in [0.3, 0.4) is 0 Å². The van der Waals surface area contributed by atoms with Crippen LogP contribution in [0.4, 0.5) is 5.69 Å². The predicted molar refractivity (Wildman–Crippen MR) is 121 cm³/mol. The summed E-state index contributed by atoms with van der Waals surface area (Å²) < 4.78 is 16.3. The topological polar surface area (TPSA) is 68.8 Å². The number of carbonyl (C=O) groups excluding carboxylic acids is 1. The van der Waals surface area contributed by atoms with Crippen molar-refractivity contribution < 1.29 is 19.0 Å². The first-order chi connectivity index (χ1) is 14.1. The van der Waals surface area contributed by atoms with Crippen LogP contribution in [0.1, 0.15) is 18.4 Å². The van der Waals surface area contributed by atoms with E-state index in [4.69, 9.17) is 14.2 Å². The minimum Gasteiger partial charge on any atom is -0.457 e. The Balaban J connectivity index is 0.00000320. The van der Waals surface area contributed by atoms with Crippen LogP contribution in [0.15, 0.2) is 48.5 Å². The monoisotopic (exact) mass is 434 g/mol. The zero-order chi connectivity index (χ0) is 20.5. The molecule has 0 saturated carbocycles. The lowest BCUT2D eigenvalue weighted by Gasteiger charge is -2.35. The smallest absolute Gasteiger partial charge is 0.233 e. The summed E-state index contributed by atoms with van der Waals surface area (Å²) in [5, 5.41) is 6.34. The third-order valence-electron chi connectivity index (χ3n) is 5.33. The summed E-state index contributed by atoms with van der Waals surface area (Å²) in [4.78, 5) is 12.9. The van der Waals surface area contributed by atoms with Crippen LogP contribution in [-0.4, -0.2) is 46.4 Å². The Labute approximate surface area is 184 Å². The molecule has 3 rings (SSSR count). The van der Waals surface area contributed by atoms with Gasteiger partial charge in [0.1, 0.15) is 11.5 Å². The average Bonchev–Trinajstić information content (AvgIpc) is 2.75. The molecule has 7 heteroatoms. The van der Waals surface area contributed by atoms with Gasteiger partial charge in [0.15, 0.2) is 0 Å². The highest BCUT2D eigenvalue weighted by molar-refractivity contribution is 5.95. The van der Waals surface area contributed by atoms with Gasteiger partial charge in [-0.25, -0.2) is 0 Å². The number of carbonyl (C=O) groups is 1. The Bertz CT molecular complexity index is 769. The van der Waals surface area contributed by atoms with Gasteiger partial charge < -0.3 is 24.8 Å². The van der Waals surface area contributed by atoms with Gasteiger partial charge in [0, 0.05) is 19.9 Å². The molecule has 2 aromatic rings. The second-order valence-electron chi connectivity index (χ2n) is 7.43. The molecule has 1 aliphatic rings. The molecule has 0 aliphatic carbocycles. The van der Waals surface area contributed by atoms with Crippen LogP contribution < -0.4 is 15.4 Å². The molecule has 1 amide bonds. The molecule has 1 aliphatic heterocycles. The van der Waals surface area contributed by atoms with E-state index in [9.17, 15) is 4.79 Å². The summed E-state index contributed by atoms with van der Waals surface area (Å²) >= 11 is 0. The summed E-state index contributed by atoms with van der Waals surface area (Å²) in [6.07, 6.45) is 2.42. The molecular formula is C23H31ClN2O4. The number of amides is 1. The molecular weight excluding hydrogens is 404 g/mol. The van der Waals surface area contributed by atoms with Crippen molar-refractivity contribution in [3.05, 3.63) is 54.1 Å². The molecule has 1 heterocycles. The quantitative estimate of drug-likeness (QED) is 0.623. The third kappa shape index (κ3) is 6.44. The number of anilines is 1. The Morgan fingerprint density at radius 2 is 1.57 bits per heavy atom. The van der Waals surface area contributed by atoms with E-state index in [1.807, 2.05) is 48.5 Å². The van der Waals surface area contributed by atoms with E-state index in [2.05, 4.69) is 10.6 Å². The van der Waals surface area contributed by atoms with E-state index in [1.54, 1.807) is 14.2 Å².